The Labute approximate surface area is 66.9 Å². The predicted molar refractivity (Wildman–Crippen MR) is 49.5 cm³/mol. The summed E-state index contributed by atoms with van der Waals surface area (Å²) in [6.45, 7) is 6.13. The van der Waals surface area contributed by atoms with Crippen molar-refractivity contribution in [3.63, 3.8) is 0 Å². The van der Waals surface area contributed by atoms with Gasteiger partial charge in [-0.05, 0) is 18.6 Å². The molecule has 0 atom stereocenters. The molecule has 58 valence electrons. The number of anilines is 1. The van der Waals surface area contributed by atoms with Crippen LogP contribution < -0.4 is 5.73 Å². The van der Waals surface area contributed by atoms with Crippen LogP contribution in [0.3, 0.4) is 0 Å². The van der Waals surface area contributed by atoms with Crippen LogP contribution in [0.15, 0.2) is 12.1 Å². The zero-order valence-electron chi connectivity index (χ0n) is 6.85. The van der Waals surface area contributed by atoms with Gasteiger partial charge in [-0.1, -0.05) is 20.8 Å². The average molecular weight is 157 g/mol. The van der Waals surface area contributed by atoms with Gasteiger partial charge in [0.1, 0.15) is 0 Å². The summed E-state index contributed by atoms with van der Waals surface area (Å²) < 4.78 is 0. The second kappa shape index (κ2) is 5.30. The molecule has 0 aliphatic heterocycles. The Balaban J connectivity index is 0.000000371. The fraction of sp³-hybridized carbons (Fsp3) is 0.500. The molecule has 0 aliphatic carbocycles. The van der Waals surface area contributed by atoms with Crippen LogP contribution in [0, 0.1) is 0 Å². The lowest BCUT2D eigenvalue weighted by molar-refractivity contribution is 1.19. The molecule has 1 heterocycles. The third-order valence-corrected chi connectivity index (χ3v) is 2.09. The topological polar surface area (TPSA) is 26.0 Å². The highest BCUT2D eigenvalue weighted by Gasteiger charge is 1.90. The van der Waals surface area contributed by atoms with Crippen molar-refractivity contribution in [3.05, 3.63) is 17.0 Å². The van der Waals surface area contributed by atoms with Gasteiger partial charge in [0.05, 0.1) is 5.00 Å². The van der Waals surface area contributed by atoms with E-state index >= 15 is 0 Å². The van der Waals surface area contributed by atoms with Crippen molar-refractivity contribution in [1.82, 2.24) is 0 Å². The molecule has 0 saturated carbocycles. The van der Waals surface area contributed by atoms with Crippen LogP contribution in [0.25, 0.3) is 0 Å². The van der Waals surface area contributed by atoms with Gasteiger partial charge in [0.15, 0.2) is 0 Å². The van der Waals surface area contributed by atoms with Crippen LogP contribution in [-0.4, -0.2) is 0 Å². The quantitative estimate of drug-likeness (QED) is 0.666. The highest BCUT2D eigenvalue weighted by Crippen LogP contribution is 2.17. The molecular formula is C8H15NS. The molecule has 1 rings (SSSR count). The summed E-state index contributed by atoms with van der Waals surface area (Å²) in [6, 6.07) is 4.02. The Morgan fingerprint density at radius 2 is 2.00 bits per heavy atom. The third kappa shape index (κ3) is 2.87. The van der Waals surface area contributed by atoms with Crippen molar-refractivity contribution < 1.29 is 0 Å². The van der Waals surface area contributed by atoms with Gasteiger partial charge in [-0.15, -0.1) is 11.3 Å². The lowest BCUT2D eigenvalue weighted by Gasteiger charge is -1.80. The summed E-state index contributed by atoms with van der Waals surface area (Å²) in [5, 5.41) is 0.918. The normalized spacial score (nSPS) is 8.30. The fourth-order valence-electron chi connectivity index (χ4n) is 0.585. The van der Waals surface area contributed by atoms with E-state index in [2.05, 4.69) is 13.0 Å². The largest absolute Gasteiger partial charge is 0.391 e. The van der Waals surface area contributed by atoms with Gasteiger partial charge in [0.25, 0.3) is 0 Å². The number of aryl methyl sites for hydroxylation is 1. The molecule has 0 radical (unpaired) electrons. The molecule has 10 heavy (non-hydrogen) atoms. The molecule has 0 spiro atoms. The smallest absolute Gasteiger partial charge is 0.0859 e. The highest BCUT2D eigenvalue weighted by molar-refractivity contribution is 7.15. The number of thiophene rings is 1. The number of hydrogen-bond acceptors (Lipinski definition) is 2. The van der Waals surface area contributed by atoms with Gasteiger partial charge in [-0.3, -0.25) is 0 Å². The molecule has 0 aliphatic rings. The van der Waals surface area contributed by atoms with Crippen molar-refractivity contribution >= 4 is 16.3 Å². The minimum absolute atomic E-state index is 0.918. The number of nitrogen functional groups attached to an aromatic ring is 1. The van der Waals surface area contributed by atoms with E-state index in [4.69, 9.17) is 5.73 Å². The number of rotatable bonds is 1. The molecule has 1 nitrogen and oxygen atoms in total. The van der Waals surface area contributed by atoms with Gasteiger partial charge in [-0.2, -0.15) is 0 Å². The first-order valence-corrected chi connectivity index (χ1v) is 4.48. The minimum atomic E-state index is 0.918. The first-order chi connectivity index (χ1) is 4.83. The summed E-state index contributed by atoms with van der Waals surface area (Å²) in [5.41, 5.74) is 5.47. The lowest BCUT2D eigenvalue weighted by Crippen LogP contribution is -1.72. The van der Waals surface area contributed by atoms with Crippen LogP contribution in [0.4, 0.5) is 5.00 Å². The first kappa shape index (κ1) is 9.50. The molecule has 1 aromatic heterocycles. The summed E-state index contributed by atoms with van der Waals surface area (Å²) in [5.74, 6) is 0. The Bertz CT molecular complexity index is 170. The van der Waals surface area contributed by atoms with Crippen LogP contribution in [0.2, 0.25) is 0 Å². The standard InChI is InChI=1S/C6H9NS.C2H6/c1-2-5-3-4-6(7)8-5;1-2/h3-4H,2,7H2,1H3;1-2H3. The van der Waals surface area contributed by atoms with E-state index in [0.717, 1.165) is 11.4 Å². The first-order valence-electron chi connectivity index (χ1n) is 3.67. The predicted octanol–water partition coefficient (Wildman–Crippen LogP) is 2.92. The molecule has 2 heteroatoms. The van der Waals surface area contributed by atoms with Gasteiger partial charge < -0.3 is 5.73 Å². The molecule has 0 aromatic carbocycles. The van der Waals surface area contributed by atoms with E-state index in [1.165, 1.54) is 4.88 Å². The van der Waals surface area contributed by atoms with Gasteiger partial charge in [0, 0.05) is 4.88 Å². The number of nitrogens with two attached hydrogens (primary N) is 1. The second-order valence-corrected chi connectivity index (χ2v) is 2.86. The van der Waals surface area contributed by atoms with E-state index < -0.39 is 0 Å². The van der Waals surface area contributed by atoms with Crippen LogP contribution in [0.5, 0.6) is 0 Å². The van der Waals surface area contributed by atoms with E-state index in [1.807, 2.05) is 19.9 Å². The summed E-state index contributed by atoms with van der Waals surface area (Å²) in [4.78, 5) is 1.36. The zero-order valence-corrected chi connectivity index (χ0v) is 7.66. The van der Waals surface area contributed by atoms with Crippen molar-refractivity contribution in [3.8, 4) is 0 Å². The van der Waals surface area contributed by atoms with Crippen molar-refractivity contribution in [1.29, 1.82) is 0 Å². The van der Waals surface area contributed by atoms with Crippen LogP contribution in [-0.2, 0) is 6.42 Å². The van der Waals surface area contributed by atoms with E-state index in [0.29, 0.717) is 0 Å². The van der Waals surface area contributed by atoms with Crippen LogP contribution >= 0.6 is 11.3 Å². The molecular weight excluding hydrogens is 142 g/mol. The summed E-state index contributed by atoms with van der Waals surface area (Å²) in [6.07, 6.45) is 1.10. The third-order valence-electron chi connectivity index (χ3n) is 1.03. The SMILES string of the molecule is CC.CCc1ccc(N)s1. The Morgan fingerprint density at radius 1 is 1.40 bits per heavy atom. The van der Waals surface area contributed by atoms with E-state index in [9.17, 15) is 0 Å². The molecule has 0 saturated heterocycles. The van der Waals surface area contributed by atoms with Gasteiger partial charge in [0.2, 0.25) is 0 Å². The summed E-state index contributed by atoms with van der Waals surface area (Å²) in [7, 11) is 0. The lowest BCUT2D eigenvalue weighted by atomic mass is 10.4. The zero-order chi connectivity index (χ0) is 7.98. The summed E-state index contributed by atoms with van der Waals surface area (Å²) >= 11 is 1.67. The highest BCUT2D eigenvalue weighted by atomic mass is 32.1. The minimum Gasteiger partial charge on any atom is -0.391 e. The molecule has 1 aromatic rings. The monoisotopic (exact) mass is 157 g/mol. The van der Waals surface area contributed by atoms with Crippen molar-refractivity contribution in [2.24, 2.45) is 0 Å². The molecule has 0 unspecified atom stereocenters. The molecule has 0 bridgehead atoms. The van der Waals surface area contributed by atoms with Crippen molar-refractivity contribution in [2.75, 3.05) is 5.73 Å². The maximum absolute atomic E-state index is 5.47. The van der Waals surface area contributed by atoms with E-state index in [1.54, 1.807) is 11.3 Å². The number of hydrogen-bond donors (Lipinski definition) is 1. The maximum atomic E-state index is 5.47. The van der Waals surface area contributed by atoms with E-state index in [-0.39, 0.29) is 0 Å². The Hall–Kier alpha value is -0.500. The van der Waals surface area contributed by atoms with Crippen molar-refractivity contribution in [2.45, 2.75) is 27.2 Å². The van der Waals surface area contributed by atoms with Gasteiger partial charge >= 0.3 is 0 Å². The maximum Gasteiger partial charge on any atom is 0.0859 e. The Kier molecular flexibility index (Phi) is 5.03. The molecule has 0 fully saturated rings. The molecule has 0 amide bonds. The van der Waals surface area contributed by atoms with Gasteiger partial charge in [-0.25, -0.2) is 0 Å². The average Bonchev–Trinajstić information content (AvgIpc) is 2.40. The fourth-order valence-corrected chi connectivity index (χ4v) is 1.30. The van der Waals surface area contributed by atoms with Crippen LogP contribution in [0.1, 0.15) is 25.6 Å². The second-order valence-electron chi connectivity index (χ2n) is 1.66. The molecule has 2 N–H and O–H groups in total. The Morgan fingerprint density at radius 3 is 2.20 bits per heavy atom.